The number of hydrogen-bond acceptors (Lipinski definition) is 3. The molecule has 84 valence electrons. The first-order valence-electron chi connectivity index (χ1n) is 4.83. The monoisotopic (exact) mass is 297 g/mol. The quantitative estimate of drug-likeness (QED) is 0.940. The minimum atomic E-state index is -0.140. The highest BCUT2D eigenvalue weighted by atomic mass is 79.9. The lowest BCUT2D eigenvalue weighted by Gasteiger charge is -2.15. The summed E-state index contributed by atoms with van der Waals surface area (Å²) in [5.74, 6) is 0.821. The number of rotatable bonds is 3. The fraction of sp³-hybridized carbons (Fsp3) is 0.167. The third-order valence-electron chi connectivity index (χ3n) is 2.43. The van der Waals surface area contributed by atoms with Crippen LogP contribution in [-0.2, 0) is 0 Å². The van der Waals surface area contributed by atoms with E-state index in [1.54, 1.807) is 18.4 Å². The lowest BCUT2D eigenvalue weighted by atomic mass is 10.0. The molecular weight excluding hydrogens is 286 g/mol. The Morgan fingerprint density at radius 3 is 2.81 bits per heavy atom. The maximum absolute atomic E-state index is 6.21. The van der Waals surface area contributed by atoms with E-state index in [0.717, 1.165) is 21.3 Å². The van der Waals surface area contributed by atoms with Gasteiger partial charge in [-0.05, 0) is 40.6 Å². The molecule has 0 spiro atoms. The highest BCUT2D eigenvalue weighted by molar-refractivity contribution is 9.10. The van der Waals surface area contributed by atoms with E-state index < -0.39 is 0 Å². The maximum Gasteiger partial charge on any atom is 0.124 e. The average Bonchev–Trinajstić information content (AvgIpc) is 2.81. The molecule has 1 aromatic carbocycles. The summed E-state index contributed by atoms with van der Waals surface area (Å²) < 4.78 is 6.33. The largest absolute Gasteiger partial charge is 0.496 e. The van der Waals surface area contributed by atoms with Gasteiger partial charge in [0.15, 0.2) is 0 Å². The van der Waals surface area contributed by atoms with Gasteiger partial charge >= 0.3 is 0 Å². The molecule has 0 unspecified atom stereocenters. The third kappa shape index (κ3) is 2.29. The summed E-state index contributed by atoms with van der Waals surface area (Å²) in [6, 6.07) is 7.77. The fourth-order valence-corrected chi connectivity index (χ4v) is 2.66. The zero-order chi connectivity index (χ0) is 11.5. The summed E-state index contributed by atoms with van der Waals surface area (Å²) in [5, 5.41) is 4.09. The van der Waals surface area contributed by atoms with Crippen molar-refractivity contribution < 1.29 is 4.74 Å². The molecule has 0 aliphatic carbocycles. The van der Waals surface area contributed by atoms with Crippen molar-refractivity contribution in [1.29, 1.82) is 0 Å². The van der Waals surface area contributed by atoms with Crippen molar-refractivity contribution in [3.63, 3.8) is 0 Å². The lowest BCUT2D eigenvalue weighted by Crippen LogP contribution is -2.12. The predicted molar refractivity (Wildman–Crippen MR) is 71.0 cm³/mol. The minimum absolute atomic E-state index is 0.140. The van der Waals surface area contributed by atoms with Crippen molar-refractivity contribution in [2.45, 2.75) is 6.04 Å². The van der Waals surface area contributed by atoms with Gasteiger partial charge in [-0.2, -0.15) is 11.3 Å². The van der Waals surface area contributed by atoms with Crippen molar-refractivity contribution in [1.82, 2.24) is 0 Å². The van der Waals surface area contributed by atoms with Gasteiger partial charge < -0.3 is 10.5 Å². The molecule has 0 fully saturated rings. The molecule has 16 heavy (non-hydrogen) atoms. The molecule has 0 aliphatic rings. The van der Waals surface area contributed by atoms with E-state index in [1.165, 1.54) is 0 Å². The molecule has 0 amide bonds. The van der Waals surface area contributed by atoms with Gasteiger partial charge in [0.05, 0.1) is 13.2 Å². The van der Waals surface area contributed by atoms with Crippen LogP contribution in [0.2, 0.25) is 0 Å². The van der Waals surface area contributed by atoms with Gasteiger partial charge in [0, 0.05) is 10.0 Å². The molecule has 2 nitrogen and oxygen atoms in total. The second kappa shape index (κ2) is 4.99. The van der Waals surface area contributed by atoms with E-state index in [4.69, 9.17) is 10.5 Å². The lowest BCUT2D eigenvalue weighted by molar-refractivity contribution is 0.408. The van der Waals surface area contributed by atoms with Gasteiger partial charge in [-0.25, -0.2) is 0 Å². The second-order valence-corrected chi connectivity index (χ2v) is 5.12. The van der Waals surface area contributed by atoms with Crippen molar-refractivity contribution in [3.05, 3.63) is 50.6 Å². The zero-order valence-corrected chi connectivity index (χ0v) is 11.2. The van der Waals surface area contributed by atoms with Crippen molar-refractivity contribution in [2.75, 3.05) is 7.11 Å². The molecule has 1 heterocycles. The minimum Gasteiger partial charge on any atom is -0.496 e. The number of halogens is 1. The van der Waals surface area contributed by atoms with Crippen LogP contribution in [-0.4, -0.2) is 7.11 Å². The Morgan fingerprint density at radius 2 is 2.19 bits per heavy atom. The number of methoxy groups -OCH3 is 1. The standard InChI is InChI=1S/C12H12BrNOS/c1-15-11-3-2-9(13)6-10(11)12(14)8-4-5-16-7-8/h2-7,12H,14H2,1H3/t12-/m1/s1. The summed E-state index contributed by atoms with van der Waals surface area (Å²) in [5.41, 5.74) is 8.32. The summed E-state index contributed by atoms with van der Waals surface area (Å²) in [6.45, 7) is 0. The first kappa shape index (κ1) is 11.6. The molecule has 2 rings (SSSR count). The van der Waals surface area contributed by atoms with E-state index >= 15 is 0 Å². The Kier molecular flexibility index (Phi) is 3.63. The highest BCUT2D eigenvalue weighted by Crippen LogP contribution is 2.31. The molecule has 0 saturated carbocycles. The number of ether oxygens (including phenoxy) is 1. The Hall–Kier alpha value is -0.840. The summed E-state index contributed by atoms with van der Waals surface area (Å²) >= 11 is 5.10. The number of hydrogen-bond donors (Lipinski definition) is 1. The SMILES string of the molecule is COc1ccc(Br)cc1[C@H](N)c1ccsc1. The van der Waals surface area contributed by atoms with Crippen molar-refractivity contribution in [2.24, 2.45) is 5.73 Å². The fourth-order valence-electron chi connectivity index (χ4n) is 1.58. The molecular formula is C12H12BrNOS. The van der Waals surface area contributed by atoms with Crippen LogP contribution in [0.25, 0.3) is 0 Å². The van der Waals surface area contributed by atoms with Crippen molar-refractivity contribution >= 4 is 27.3 Å². The summed E-state index contributed by atoms with van der Waals surface area (Å²) in [6.07, 6.45) is 0. The van der Waals surface area contributed by atoms with Crippen LogP contribution < -0.4 is 10.5 Å². The molecule has 1 aromatic heterocycles. The van der Waals surface area contributed by atoms with Crippen LogP contribution >= 0.6 is 27.3 Å². The topological polar surface area (TPSA) is 35.2 Å². The highest BCUT2D eigenvalue weighted by Gasteiger charge is 2.14. The molecule has 2 N–H and O–H groups in total. The van der Waals surface area contributed by atoms with E-state index in [-0.39, 0.29) is 6.04 Å². The number of thiophene rings is 1. The van der Waals surface area contributed by atoms with Gasteiger partial charge in [0.2, 0.25) is 0 Å². The Bertz CT molecular complexity index is 470. The third-order valence-corrected chi connectivity index (χ3v) is 3.62. The van der Waals surface area contributed by atoms with Crippen LogP contribution in [0.15, 0.2) is 39.5 Å². The van der Waals surface area contributed by atoms with E-state index in [2.05, 4.69) is 21.3 Å². The first-order valence-corrected chi connectivity index (χ1v) is 6.57. The zero-order valence-electron chi connectivity index (χ0n) is 8.81. The van der Waals surface area contributed by atoms with Crippen LogP contribution in [0.1, 0.15) is 17.2 Å². The normalized spacial score (nSPS) is 12.4. The van der Waals surface area contributed by atoms with Crippen LogP contribution in [0, 0.1) is 0 Å². The van der Waals surface area contributed by atoms with E-state index in [1.807, 2.05) is 29.6 Å². The molecule has 1 atom stereocenters. The second-order valence-electron chi connectivity index (χ2n) is 3.42. The summed E-state index contributed by atoms with van der Waals surface area (Å²) in [7, 11) is 1.66. The van der Waals surface area contributed by atoms with E-state index in [0.29, 0.717) is 0 Å². The van der Waals surface area contributed by atoms with Gasteiger partial charge in [-0.3, -0.25) is 0 Å². The molecule has 0 aliphatic heterocycles. The van der Waals surface area contributed by atoms with Crippen LogP contribution in [0.5, 0.6) is 5.75 Å². The first-order chi connectivity index (χ1) is 7.72. The molecule has 4 heteroatoms. The smallest absolute Gasteiger partial charge is 0.124 e. The van der Waals surface area contributed by atoms with Gasteiger partial charge in [0.25, 0.3) is 0 Å². The molecule has 0 bridgehead atoms. The Labute approximate surface area is 107 Å². The number of benzene rings is 1. The van der Waals surface area contributed by atoms with Gasteiger partial charge in [-0.1, -0.05) is 15.9 Å². The Balaban J connectivity index is 2.42. The number of nitrogens with two attached hydrogens (primary N) is 1. The average molecular weight is 298 g/mol. The van der Waals surface area contributed by atoms with Crippen molar-refractivity contribution in [3.8, 4) is 5.75 Å². The molecule has 0 radical (unpaired) electrons. The van der Waals surface area contributed by atoms with Gasteiger partial charge in [0.1, 0.15) is 5.75 Å². The van der Waals surface area contributed by atoms with Crippen LogP contribution in [0.3, 0.4) is 0 Å². The predicted octanol–water partition coefficient (Wildman–Crippen LogP) is 3.57. The summed E-state index contributed by atoms with van der Waals surface area (Å²) in [4.78, 5) is 0. The Morgan fingerprint density at radius 1 is 1.38 bits per heavy atom. The molecule has 2 aromatic rings. The van der Waals surface area contributed by atoms with Gasteiger partial charge in [-0.15, -0.1) is 0 Å². The van der Waals surface area contributed by atoms with E-state index in [9.17, 15) is 0 Å². The van der Waals surface area contributed by atoms with Crippen LogP contribution in [0.4, 0.5) is 0 Å². The maximum atomic E-state index is 6.21. The molecule has 0 saturated heterocycles.